The zero-order valence-electron chi connectivity index (χ0n) is 25.0. The Bertz CT molecular complexity index is 2660. The molecular formula is C42H28N2S. The molecule has 1 aliphatic carbocycles. The molecule has 0 unspecified atom stereocenters. The van der Waals surface area contributed by atoms with Crippen molar-refractivity contribution < 1.29 is 0 Å². The largest absolute Gasteiger partial charge is 0.309 e. The van der Waals surface area contributed by atoms with Crippen LogP contribution in [0.2, 0.25) is 0 Å². The van der Waals surface area contributed by atoms with E-state index >= 15 is 0 Å². The molecule has 0 amide bonds. The highest BCUT2D eigenvalue weighted by atomic mass is 32.1. The van der Waals surface area contributed by atoms with Crippen molar-refractivity contribution in [1.29, 1.82) is 0 Å². The number of hydrogen-bond acceptors (Lipinski definition) is 2. The number of rotatable bonds is 2. The summed E-state index contributed by atoms with van der Waals surface area (Å²) in [5.41, 5.74) is 11.3. The summed E-state index contributed by atoms with van der Waals surface area (Å²) in [7, 11) is 0. The van der Waals surface area contributed by atoms with Gasteiger partial charge in [0.1, 0.15) is 5.01 Å². The smallest absolute Gasteiger partial charge is 0.124 e. The highest BCUT2D eigenvalue weighted by molar-refractivity contribution is 7.21. The molecule has 2 aromatic heterocycles. The Hall–Kier alpha value is -5.25. The maximum atomic E-state index is 5.25. The van der Waals surface area contributed by atoms with Crippen LogP contribution in [0.5, 0.6) is 0 Å². The third kappa shape index (κ3) is 3.36. The number of fused-ring (bicyclic) bond motifs is 12. The predicted octanol–water partition coefficient (Wildman–Crippen LogP) is 11.7. The quantitative estimate of drug-likeness (QED) is 0.183. The number of para-hydroxylation sites is 2. The molecule has 45 heavy (non-hydrogen) atoms. The van der Waals surface area contributed by atoms with Gasteiger partial charge in [-0.05, 0) is 80.9 Å². The molecule has 2 heterocycles. The zero-order valence-corrected chi connectivity index (χ0v) is 25.8. The van der Waals surface area contributed by atoms with Crippen molar-refractivity contribution in [2.75, 3.05) is 0 Å². The molecule has 0 saturated heterocycles. The molecule has 0 radical (unpaired) electrons. The van der Waals surface area contributed by atoms with Crippen LogP contribution in [0, 0.1) is 0 Å². The monoisotopic (exact) mass is 592 g/mol. The lowest BCUT2D eigenvalue weighted by molar-refractivity contribution is 0.667. The molecule has 7 aromatic carbocycles. The molecular weight excluding hydrogens is 565 g/mol. The van der Waals surface area contributed by atoms with E-state index in [0.717, 1.165) is 10.5 Å². The van der Waals surface area contributed by atoms with E-state index in [-0.39, 0.29) is 5.41 Å². The fraction of sp³-hybridized carbons (Fsp3) is 0.0714. The highest BCUT2D eigenvalue weighted by Crippen LogP contribution is 2.54. The third-order valence-corrected chi connectivity index (χ3v) is 11.0. The van der Waals surface area contributed by atoms with Gasteiger partial charge in [-0.25, -0.2) is 4.98 Å². The molecule has 0 saturated carbocycles. The van der Waals surface area contributed by atoms with Crippen LogP contribution >= 0.6 is 11.3 Å². The number of hydrogen-bond donors (Lipinski definition) is 0. The standard InChI is InChI=1S/C42H28N2S/c1-42(2)33-24-31-27(18-17-25-19-22-36-40(37(25)31)43-41(45-36)26-11-5-3-6-12-26)23-32(33)29-20-21-35-38(39(29)42)30-15-9-10-16-34(30)44(35)28-13-7-4-8-14-28/h3-24H,1-2H3. The molecule has 0 atom stereocenters. The number of nitrogens with zero attached hydrogens (tertiary/aromatic N) is 2. The fourth-order valence-corrected chi connectivity index (χ4v) is 8.93. The second-order valence-corrected chi connectivity index (χ2v) is 13.8. The number of thiazole rings is 1. The van der Waals surface area contributed by atoms with Gasteiger partial charge in [-0.3, -0.25) is 0 Å². The average molecular weight is 593 g/mol. The summed E-state index contributed by atoms with van der Waals surface area (Å²) >= 11 is 1.78. The van der Waals surface area contributed by atoms with Crippen LogP contribution < -0.4 is 0 Å². The van der Waals surface area contributed by atoms with Gasteiger partial charge in [-0.1, -0.05) is 105 Å². The minimum absolute atomic E-state index is 0.183. The van der Waals surface area contributed by atoms with Crippen molar-refractivity contribution in [3.05, 3.63) is 145 Å². The fourth-order valence-electron chi connectivity index (χ4n) is 7.95. The van der Waals surface area contributed by atoms with Crippen LogP contribution in [0.1, 0.15) is 25.0 Å². The van der Waals surface area contributed by atoms with Crippen molar-refractivity contribution in [3.63, 3.8) is 0 Å². The maximum absolute atomic E-state index is 5.25. The van der Waals surface area contributed by atoms with Gasteiger partial charge in [0.2, 0.25) is 0 Å². The first kappa shape index (κ1) is 25.1. The number of benzene rings is 7. The molecule has 0 fully saturated rings. The normalized spacial score (nSPS) is 13.7. The second kappa shape index (κ2) is 8.90. The molecule has 212 valence electrons. The van der Waals surface area contributed by atoms with E-state index in [4.69, 9.17) is 4.98 Å². The Morgan fingerprint density at radius 1 is 0.600 bits per heavy atom. The van der Waals surface area contributed by atoms with Gasteiger partial charge in [0.05, 0.1) is 21.3 Å². The Kier molecular flexibility index (Phi) is 4.97. The first-order valence-electron chi connectivity index (χ1n) is 15.6. The van der Waals surface area contributed by atoms with E-state index in [1.54, 1.807) is 11.3 Å². The summed E-state index contributed by atoms with van der Waals surface area (Å²) in [6.07, 6.45) is 0. The van der Waals surface area contributed by atoms with Crippen LogP contribution in [0.25, 0.3) is 81.0 Å². The van der Waals surface area contributed by atoms with Crippen LogP contribution in [0.3, 0.4) is 0 Å². The first-order chi connectivity index (χ1) is 22.1. The van der Waals surface area contributed by atoms with Crippen molar-refractivity contribution in [1.82, 2.24) is 9.55 Å². The molecule has 3 heteroatoms. The lowest BCUT2D eigenvalue weighted by Gasteiger charge is -2.23. The Morgan fingerprint density at radius 3 is 2.18 bits per heavy atom. The number of aromatic nitrogens is 2. The highest BCUT2D eigenvalue weighted by Gasteiger charge is 2.38. The summed E-state index contributed by atoms with van der Waals surface area (Å²) in [5.74, 6) is 0. The van der Waals surface area contributed by atoms with Crippen molar-refractivity contribution in [2.24, 2.45) is 0 Å². The first-order valence-corrected chi connectivity index (χ1v) is 16.4. The molecule has 0 bridgehead atoms. The molecule has 0 N–H and O–H groups in total. The van der Waals surface area contributed by atoms with E-state index in [2.05, 4.69) is 152 Å². The molecule has 1 aliphatic rings. The zero-order chi connectivity index (χ0) is 29.9. The SMILES string of the molecule is CC1(C)c2cc3c(ccc4ccc5sc(-c6ccccc6)nc5c43)cc2-c2ccc3c(c21)c1ccccc1n3-c1ccccc1. The Labute approximate surface area is 264 Å². The van der Waals surface area contributed by atoms with Crippen LogP contribution in [-0.2, 0) is 5.41 Å². The van der Waals surface area contributed by atoms with E-state index in [1.807, 2.05) is 0 Å². The van der Waals surface area contributed by atoms with Gasteiger partial charge in [0.25, 0.3) is 0 Å². The lowest BCUT2D eigenvalue weighted by atomic mass is 9.80. The Morgan fingerprint density at radius 2 is 1.33 bits per heavy atom. The van der Waals surface area contributed by atoms with Gasteiger partial charge < -0.3 is 4.57 Å². The summed E-state index contributed by atoms with van der Waals surface area (Å²) in [5, 5.41) is 8.77. The van der Waals surface area contributed by atoms with Gasteiger partial charge in [-0.2, -0.15) is 0 Å². The lowest BCUT2D eigenvalue weighted by Crippen LogP contribution is -2.15. The minimum atomic E-state index is -0.183. The van der Waals surface area contributed by atoms with Crippen molar-refractivity contribution in [3.8, 4) is 27.4 Å². The summed E-state index contributed by atoms with van der Waals surface area (Å²) in [6, 6.07) is 48.9. The summed E-state index contributed by atoms with van der Waals surface area (Å²) in [4.78, 5) is 5.25. The molecule has 10 rings (SSSR count). The van der Waals surface area contributed by atoms with Crippen LogP contribution in [0.15, 0.2) is 133 Å². The van der Waals surface area contributed by atoms with E-state index in [0.29, 0.717) is 0 Å². The van der Waals surface area contributed by atoms with Crippen molar-refractivity contribution >= 4 is 64.9 Å². The molecule has 9 aromatic rings. The van der Waals surface area contributed by atoms with Gasteiger partial charge >= 0.3 is 0 Å². The maximum Gasteiger partial charge on any atom is 0.124 e. The van der Waals surface area contributed by atoms with Gasteiger partial charge in [0.15, 0.2) is 0 Å². The van der Waals surface area contributed by atoms with E-state index in [9.17, 15) is 0 Å². The second-order valence-electron chi connectivity index (χ2n) is 12.8. The predicted molar refractivity (Wildman–Crippen MR) is 192 cm³/mol. The van der Waals surface area contributed by atoms with E-state index < -0.39 is 0 Å². The third-order valence-electron chi connectivity index (χ3n) is 9.96. The average Bonchev–Trinajstić information content (AvgIpc) is 3.73. The summed E-state index contributed by atoms with van der Waals surface area (Å²) < 4.78 is 3.66. The van der Waals surface area contributed by atoms with Gasteiger partial charge in [-0.15, -0.1) is 11.3 Å². The molecule has 0 aliphatic heterocycles. The van der Waals surface area contributed by atoms with E-state index in [1.165, 1.54) is 81.6 Å². The molecule has 0 spiro atoms. The van der Waals surface area contributed by atoms with Crippen molar-refractivity contribution in [2.45, 2.75) is 19.3 Å². The topological polar surface area (TPSA) is 17.8 Å². The summed E-state index contributed by atoms with van der Waals surface area (Å²) in [6.45, 7) is 4.82. The Balaban J connectivity index is 1.27. The molecule has 2 nitrogen and oxygen atoms in total. The minimum Gasteiger partial charge on any atom is -0.309 e. The van der Waals surface area contributed by atoms with Crippen LogP contribution in [0.4, 0.5) is 0 Å². The van der Waals surface area contributed by atoms with Gasteiger partial charge in [0, 0.05) is 32.8 Å². The van der Waals surface area contributed by atoms with Crippen LogP contribution in [-0.4, -0.2) is 9.55 Å².